The van der Waals surface area contributed by atoms with E-state index in [1.54, 1.807) is 12.3 Å². The summed E-state index contributed by atoms with van der Waals surface area (Å²) in [6, 6.07) is 5.42. The van der Waals surface area contributed by atoms with E-state index in [4.69, 9.17) is 0 Å². The topological polar surface area (TPSA) is 113 Å². The van der Waals surface area contributed by atoms with Crippen LogP contribution in [0.4, 0.5) is 16.2 Å². The van der Waals surface area contributed by atoms with Gasteiger partial charge in [0.2, 0.25) is 0 Å². The number of nitro benzene ring substituents is 1. The normalized spacial score (nSPS) is 10.2. The molecule has 0 fully saturated rings. The minimum atomic E-state index is -0.504. The van der Waals surface area contributed by atoms with Crippen LogP contribution in [0.3, 0.4) is 0 Å². The van der Waals surface area contributed by atoms with Gasteiger partial charge in [0, 0.05) is 30.1 Å². The molecule has 1 aromatic carbocycles. The average molecular weight is 303 g/mol. The number of anilines is 1. The number of urea groups is 1. The zero-order valence-electron chi connectivity index (χ0n) is 12.1. The quantitative estimate of drug-likeness (QED) is 0.432. The van der Waals surface area contributed by atoms with Gasteiger partial charge in [0.25, 0.3) is 5.69 Å². The second-order valence-corrected chi connectivity index (χ2v) is 4.81. The Bertz CT molecular complexity index is 668. The van der Waals surface area contributed by atoms with Crippen LogP contribution in [0.15, 0.2) is 30.5 Å². The van der Waals surface area contributed by atoms with Gasteiger partial charge < -0.3 is 10.6 Å². The summed E-state index contributed by atoms with van der Waals surface area (Å²) in [5.41, 5.74) is 2.48. The zero-order valence-corrected chi connectivity index (χ0v) is 12.1. The maximum atomic E-state index is 11.7. The molecule has 2 rings (SSSR count). The van der Waals surface area contributed by atoms with Crippen LogP contribution in [-0.2, 0) is 6.42 Å². The zero-order chi connectivity index (χ0) is 15.9. The summed E-state index contributed by atoms with van der Waals surface area (Å²) in [5, 5.41) is 22.7. The minimum absolute atomic E-state index is 0.0618. The highest BCUT2D eigenvalue weighted by molar-refractivity contribution is 5.89. The van der Waals surface area contributed by atoms with Crippen LogP contribution in [-0.4, -0.2) is 27.7 Å². The van der Waals surface area contributed by atoms with E-state index in [0.29, 0.717) is 12.2 Å². The van der Waals surface area contributed by atoms with Crippen LogP contribution >= 0.6 is 0 Å². The molecular formula is C14H17N5O3. The van der Waals surface area contributed by atoms with E-state index in [-0.39, 0.29) is 11.7 Å². The number of nitrogens with one attached hydrogen (secondary N) is 3. The standard InChI is InChI=1S/C14H17N5O3/c1-10-11(9-16-18-10)4-3-7-15-14(20)17-12-5-2-6-13(8-12)19(21)22/h2,5-6,8-9H,3-4,7H2,1H3,(H,16,18)(H2,15,17,20). The van der Waals surface area contributed by atoms with Gasteiger partial charge >= 0.3 is 6.03 Å². The molecule has 0 atom stereocenters. The first-order valence-electron chi connectivity index (χ1n) is 6.84. The molecule has 8 heteroatoms. The smallest absolute Gasteiger partial charge is 0.319 e. The van der Waals surface area contributed by atoms with Gasteiger partial charge in [-0.2, -0.15) is 5.10 Å². The number of rotatable bonds is 6. The first-order valence-corrected chi connectivity index (χ1v) is 6.84. The number of nitrogens with zero attached hydrogens (tertiary/aromatic N) is 2. The van der Waals surface area contributed by atoms with Crippen molar-refractivity contribution in [1.82, 2.24) is 15.5 Å². The summed E-state index contributed by atoms with van der Waals surface area (Å²) < 4.78 is 0. The predicted octanol–water partition coefficient (Wildman–Crippen LogP) is 2.38. The lowest BCUT2D eigenvalue weighted by molar-refractivity contribution is -0.384. The molecule has 0 bridgehead atoms. The molecule has 3 N–H and O–H groups in total. The molecule has 1 aromatic heterocycles. The number of non-ortho nitro benzene ring substituents is 1. The summed E-state index contributed by atoms with van der Waals surface area (Å²) in [7, 11) is 0. The lowest BCUT2D eigenvalue weighted by Gasteiger charge is -2.07. The number of benzene rings is 1. The Kier molecular flexibility index (Phi) is 5.07. The molecule has 0 saturated heterocycles. The second-order valence-electron chi connectivity index (χ2n) is 4.81. The fraction of sp³-hybridized carbons (Fsp3) is 0.286. The maximum absolute atomic E-state index is 11.7. The number of H-pyrrole nitrogens is 1. The lowest BCUT2D eigenvalue weighted by Crippen LogP contribution is -2.29. The van der Waals surface area contributed by atoms with Crippen LogP contribution in [0, 0.1) is 17.0 Å². The first-order chi connectivity index (χ1) is 10.6. The number of carbonyl (C=O) groups is 1. The Morgan fingerprint density at radius 3 is 2.95 bits per heavy atom. The largest absolute Gasteiger partial charge is 0.338 e. The SMILES string of the molecule is Cc1[nH]ncc1CCCNC(=O)Nc1cccc([N+](=O)[O-])c1. The first kappa shape index (κ1) is 15.5. The molecule has 0 spiro atoms. The summed E-state index contributed by atoms with van der Waals surface area (Å²) >= 11 is 0. The molecule has 22 heavy (non-hydrogen) atoms. The highest BCUT2D eigenvalue weighted by atomic mass is 16.6. The summed E-state index contributed by atoms with van der Waals surface area (Å²) in [5.74, 6) is 0. The Balaban J connectivity index is 1.75. The molecule has 0 aliphatic heterocycles. The van der Waals surface area contributed by atoms with Crippen LogP contribution in [0.5, 0.6) is 0 Å². The van der Waals surface area contributed by atoms with E-state index in [0.717, 1.165) is 24.1 Å². The van der Waals surface area contributed by atoms with Crippen molar-refractivity contribution in [2.24, 2.45) is 0 Å². The molecular weight excluding hydrogens is 286 g/mol. The van der Waals surface area contributed by atoms with Crippen LogP contribution in [0.2, 0.25) is 0 Å². The van der Waals surface area contributed by atoms with Crippen LogP contribution < -0.4 is 10.6 Å². The molecule has 0 saturated carbocycles. The van der Waals surface area contributed by atoms with Crippen molar-refractivity contribution in [3.8, 4) is 0 Å². The van der Waals surface area contributed by atoms with Crippen molar-refractivity contribution in [2.75, 3.05) is 11.9 Å². The number of carbonyl (C=O) groups excluding carboxylic acids is 1. The maximum Gasteiger partial charge on any atom is 0.319 e. The van der Waals surface area contributed by atoms with Crippen molar-refractivity contribution >= 4 is 17.4 Å². The fourth-order valence-corrected chi connectivity index (χ4v) is 1.98. The van der Waals surface area contributed by atoms with E-state index in [2.05, 4.69) is 20.8 Å². The number of aromatic amines is 1. The molecule has 0 aliphatic rings. The number of hydrogen-bond acceptors (Lipinski definition) is 4. The third kappa shape index (κ3) is 4.30. The minimum Gasteiger partial charge on any atom is -0.338 e. The van der Waals surface area contributed by atoms with Gasteiger partial charge in [-0.1, -0.05) is 6.07 Å². The molecule has 0 aliphatic carbocycles. The van der Waals surface area contributed by atoms with Gasteiger partial charge in [0.1, 0.15) is 0 Å². The molecule has 2 aromatic rings. The Morgan fingerprint density at radius 1 is 1.45 bits per heavy atom. The molecule has 8 nitrogen and oxygen atoms in total. The number of nitro groups is 1. The Labute approximate surface area is 127 Å². The third-order valence-corrected chi connectivity index (χ3v) is 3.16. The number of hydrogen-bond donors (Lipinski definition) is 3. The van der Waals surface area contributed by atoms with E-state index >= 15 is 0 Å². The number of aryl methyl sites for hydroxylation is 2. The Morgan fingerprint density at radius 2 is 2.27 bits per heavy atom. The number of aromatic nitrogens is 2. The summed E-state index contributed by atoms with van der Waals surface area (Å²) in [4.78, 5) is 21.9. The molecule has 0 radical (unpaired) electrons. The van der Waals surface area contributed by atoms with Crippen molar-refractivity contribution < 1.29 is 9.72 Å². The fourth-order valence-electron chi connectivity index (χ4n) is 1.98. The van der Waals surface area contributed by atoms with Gasteiger partial charge in [0.05, 0.1) is 11.1 Å². The number of amides is 2. The summed E-state index contributed by atoms with van der Waals surface area (Å²) in [6.45, 7) is 2.45. The highest BCUT2D eigenvalue weighted by Gasteiger charge is 2.07. The summed E-state index contributed by atoms with van der Waals surface area (Å²) in [6.07, 6.45) is 3.38. The van der Waals surface area contributed by atoms with Crippen LogP contribution in [0.25, 0.3) is 0 Å². The van der Waals surface area contributed by atoms with Gasteiger partial charge in [0.15, 0.2) is 0 Å². The van der Waals surface area contributed by atoms with Crippen molar-refractivity contribution in [2.45, 2.75) is 19.8 Å². The molecule has 116 valence electrons. The van der Waals surface area contributed by atoms with E-state index < -0.39 is 4.92 Å². The monoisotopic (exact) mass is 303 g/mol. The van der Waals surface area contributed by atoms with Crippen molar-refractivity contribution in [3.63, 3.8) is 0 Å². The van der Waals surface area contributed by atoms with Gasteiger partial charge in [-0.3, -0.25) is 15.2 Å². The van der Waals surface area contributed by atoms with E-state index in [9.17, 15) is 14.9 Å². The molecule has 1 heterocycles. The van der Waals surface area contributed by atoms with Crippen molar-refractivity contribution in [3.05, 3.63) is 51.8 Å². The molecule has 0 unspecified atom stereocenters. The van der Waals surface area contributed by atoms with Crippen molar-refractivity contribution in [1.29, 1.82) is 0 Å². The van der Waals surface area contributed by atoms with E-state index in [1.165, 1.54) is 18.2 Å². The average Bonchev–Trinajstić information content (AvgIpc) is 2.89. The van der Waals surface area contributed by atoms with Gasteiger partial charge in [-0.05, 0) is 31.4 Å². The highest BCUT2D eigenvalue weighted by Crippen LogP contribution is 2.16. The third-order valence-electron chi connectivity index (χ3n) is 3.16. The lowest BCUT2D eigenvalue weighted by atomic mass is 10.1. The predicted molar refractivity (Wildman–Crippen MR) is 81.8 cm³/mol. The van der Waals surface area contributed by atoms with Crippen LogP contribution in [0.1, 0.15) is 17.7 Å². The Hall–Kier alpha value is -2.90. The van der Waals surface area contributed by atoms with E-state index in [1.807, 2.05) is 6.92 Å². The second kappa shape index (κ2) is 7.21. The van der Waals surface area contributed by atoms with Gasteiger partial charge in [-0.15, -0.1) is 0 Å². The van der Waals surface area contributed by atoms with Gasteiger partial charge in [-0.25, -0.2) is 4.79 Å². The molecule has 2 amide bonds.